The molecule has 1 aliphatic rings. The van der Waals surface area contributed by atoms with Crippen LogP contribution in [0.2, 0.25) is 0 Å². The Bertz CT molecular complexity index is 805. The lowest BCUT2D eigenvalue weighted by Gasteiger charge is -2.20. The maximum Gasteiger partial charge on any atom is 0.261 e. The maximum atomic E-state index is 14.0. The van der Waals surface area contributed by atoms with E-state index in [0.717, 1.165) is 6.07 Å². The van der Waals surface area contributed by atoms with Crippen molar-refractivity contribution in [2.75, 3.05) is 12.4 Å². The number of Topliss-reactive ketones (excluding diaryl/α,β-unsaturated/α-hetero) is 1. The lowest BCUT2D eigenvalue weighted by atomic mass is 9.88. The summed E-state index contributed by atoms with van der Waals surface area (Å²) in [6, 6.07) is 10.4. The van der Waals surface area contributed by atoms with Gasteiger partial charge in [-0.05, 0) is 18.2 Å². The van der Waals surface area contributed by atoms with E-state index in [-0.39, 0.29) is 11.3 Å². The van der Waals surface area contributed by atoms with Crippen LogP contribution in [0.25, 0.3) is 0 Å². The normalized spacial score (nSPS) is 19.2. The van der Waals surface area contributed by atoms with Crippen molar-refractivity contribution in [3.63, 3.8) is 0 Å². The number of rotatable bonds is 4. The fourth-order valence-corrected chi connectivity index (χ4v) is 2.65. The van der Waals surface area contributed by atoms with Crippen molar-refractivity contribution in [3.05, 3.63) is 59.4 Å². The van der Waals surface area contributed by atoms with Gasteiger partial charge in [-0.3, -0.25) is 9.59 Å². The van der Waals surface area contributed by atoms with E-state index in [4.69, 9.17) is 4.74 Å². The van der Waals surface area contributed by atoms with Gasteiger partial charge in [0.15, 0.2) is 11.4 Å². The first-order chi connectivity index (χ1) is 11.0. The molecule has 0 radical (unpaired) electrons. The number of carbonyl (C=O) groups is 2. The summed E-state index contributed by atoms with van der Waals surface area (Å²) in [4.78, 5) is 24.4. The van der Waals surface area contributed by atoms with E-state index in [1.807, 2.05) is 0 Å². The first-order valence-electron chi connectivity index (χ1n) is 6.96. The van der Waals surface area contributed by atoms with Crippen LogP contribution in [0.1, 0.15) is 22.3 Å². The zero-order chi connectivity index (χ0) is 16.6. The van der Waals surface area contributed by atoms with Gasteiger partial charge in [-0.2, -0.15) is 0 Å². The number of carbonyl (C=O) groups excluding carboxylic acids is 2. The SMILES string of the molecule is COc1ccc(C(=O)C[C@@]2(O)C(=O)Nc3ccccc32)c(F)c1. The van der Waals surface area contributed by atoms with Crippen molar-refractivity contribution in [2.24, 2.45) is 0 Å². The number of ether oxygens (including phenoxy) is 1. The Morgan fingerprint density at radius 2 is 2.04 bits per heavy atom. The van der Waals surface area contributed by atoms with Gasteiger partial charge in [-0.1, -0.05) is 18.2 Å². The fraction of sp³-hybridized carbons (Fsp3) is 0.176. The monoisotopic (exact) mass is 315 g/mol. The number of halogens is 1. The molecule has 1 heterocycles. The lowest BCUT2D eigenvalue weighted by molar-refractivity contribution is -0.133. The summed E-state index contributed by atoms with van der Waals surface area (Å²) in [5, 5.41) is 13.2. The van der Waals surface area contributed by atoms with Gasteiger partial charge in [0.2, 0.25) is 0 Å². The Morgan fingerprint density at radius 3 is 2.74 bits per heavy atom. The predicted octanol–water partition coefficient (Wildman–Crippen LogP) is 2.25. The van der Waals surface area contributed by atoms with Gasteiger partial charge in [0.25, 0.3) is 5.91 Å². The van der Waals surface area contributed by atoms with Crippen LogP contribution in [0.4, 0.5) is 10.1 Å². The number of amides is 1. The molecular formula is C17H14FNO4. The lowest BCUT2D eigenvalue weighted by Crippen LogP contribution is -2.36. The average molecular weight is 315 g/mol. The Labute approximate surface area is 131 Å². The number of methoxy groups -OCH3 is 1. The van der Waals surface area contributed by atoms with Gasteiger partial charge in [-0.25, -0.2) is 4.39 Å². The molecule has 0 aliphatic carbocycles. The van der Waals surface area contributed by atoms with Crippen molar-refractivity contribution in [1.82, 2.24) is 0 Å². The molecule has 2 aromatic carbocycles. The van der Waals surface area contributed by atoms with Crippen LogP contribution >= 0.6 is 0 Å². The quantitative estimate of drug-likeness (QED) is 0.849. The first kappa shape index (κ1) is 15.2. The van der Waals surface area contributed by atoms with Crippen LogP contribution in [-0.2, 0) is 10.4 Å². The van der Waals surface area contributed by atoms with Crippen LogP contribution in [0, 0.1) is 5.82 Å². The Morgan fingerprint density at radius 1 is 1.30 bits per heavy atom. The van der Waals surface area contributed by atoms with Crippen LogP contribution in [0.3, 0.4) is 0 Å². The molecule has 0 fully saturated rings. The molecule has 118 valence electrons. The standard InChI is InChI=1S/C17H14FNO4/c1-23-10-6-7-11(13(18)8-10)15(20)9-17(22)12-4-2-3-5-14(12)19-16(17)21/h2-8,22H,9H2,1H3,(H,19,21)/t17-/m0/s1. The molecule has 0 aromatic heterocycles. The number of ketones is 1. The number of fused-ring (bicyclic) bond motifs is 1. The topological polar surface area (TPSA) is 75.6 Å². The van der Waals surface area contributed by atoms with E-state index in [0.29, 0.717) is 11.3 Å². The molecule has 0 saturated heterocycles. The zero-order valence-electron chi connectivity index (χ0n) is 12.3. The molecule has 1 atom stereocenters. The van der Waals surface area contributed by atoms with E-state index in [1.165, 1.54) is 19.2 Å². The Balaban J connectivity index is 1.92. The van der Waals surface area contributed by atoms with Crippen LogP contribution in [0.5, 0.6) is 5.75 Å². The molecule has 6 heteroatoms. The summed E-state index contributed by atoms with van der Waals surface area (Å²) in [5.41, 5.74) is -1.44. The molecule has 1 aliphatic heterocycles. The van der Waals surface area contributed by atoms with Gasteiger partial charge in [-0.15, -0.1) is 0 Å². The van der Waals surface area contributed by atoms with E-state index in [1.54, 1.807) is 24.3 Å². The smallest absolute Gasteiger partial charge is 0.261 e. The second kappa shape index (κ2) is 5.48. The van der Waals surface area contributed by atoms with Gasteiger partial charge < -0.3 is 15.2 Å². The van der Waals surface area contributed by atoms with Crippen molar-refractivity contribution >= 4 is 17.4 Å². The Hall–Kier alpha value is -2.73. The summed E-state index contributed by atoms with van der Waals surface area (Å²) in [7, 11) is 1.39. The summed E-state index contributed by atoms with van der Waals surface area (Å²) < 4.78 is 18.9. The first-order valence-corrected chi connectivity index (χ1v) is 6.96. The van der Waals surface area contributed by atoms with Crippen molar-refractivity contribution in [1.29, 1.82) is 0 Å². The number of para-hydroxylation sites is 1. The highest BCUT2D eigenvalue weighted by Gasteiger charge is 2.46. The molecule has 3 rings (SSSR count). The van der Waals surface area contributed by atoms with Crippen molar-refractivity contribution in [2.45, 2.75) is 12.0 Å². The molecular weight excluding hydrogens is 301 g/mol. The Kier molecular flexibility index (Phi) is 3.61. The minimum Gasteiger partial charge on any atom is -0.497 e. The zero-order valence-corrected chi connectivity index (χ0v) is 12.3. The van der Waals surface area contributed by atoms with Gasteiger partial charge >= 0.3 is 0 Å². The maximum absolute atomic E-state index is 14.0. The average Bonchev–Trinajstić information content (AvgIpc) is 2.78. The van der Waals surface area contributed by atoms with Gasteiger partial charge in [0.05, 0.1) is 19.1 Å². The third-order valence-electron chi connectivity index (χ3n) is 3.89. The summed E-state index contributed by atoms with van der Waals surface area (Å²) in [6.07, 6.45) is -0.543. The highest BCUT2D eigenvalue weighted by molar-refractivity contribution is 6.09. The van der Waals surface area contributed by atoms with Crippen molar-refractivity contribution in [3.8, 4) is 5.75 Å². The minimum atomic E-state index is -2.00. The van der Waals surface area contributed by atoms with Gasteiger partial charge in [0, 0.05) is 17.3 Å². The molecule has 2 N–H and O–H groups in total. The summed E-state index contributed by atoms with van der Waals surface area (Å²) >= 11 is 0. The summed E-state index contributed by atoms with van der Waals surface area (Å²) in [6.45, 7) is 0. The highest BCUT2D eigenvalue weighted by atomic mass is 19.1. The number of hydrogen-bond acceptors (Lipinski definition) is 4. The number of anilines is 1. The molecule has 5 nitrogen and oxygen atoms in total. The van der Waals surface area contributed by atoms with Crippen LogP contribution < -0.4 is 10.1 Å². The third-order valence-corrected chi connectivity index (χ3v) is 3.89. The minimum absolute atomic E-state index is 0.198. The van der Waals surface area contributed by atoms with E-state index >= 15 is 0 Å². The van der Waals surface area contributed by atoms with E-state index < -0.39 is 29.5 Å². The molecule has 0 unspecified atom stereocenters. The van der Waals surface area contributed by atoms with Crippen molar-refractivity contribution < 1.29 is 23.8 Å². The molecule has 0 bridgehead atoms. The molecule has 0 spiro atoms. The third kappa shape index (κ3) is 2.47. The van der Waals surface area contributed by atoms with E-state index in [2.05, 4.69) is 5.32 Å². The molecule has 1 amide bonds. The molecule has 0 saturated carbocycles. The molecule has 23 heavy (non-hydrogen) atoms. The van der Waals surface area contributed by atoms with E-state index in [9.17, 15) is 19.1 Å². The largest absolute Gasteiger partial charge is 0.497 e. The number of hydrogen-bond donors (Lipinski definition) is 2. The van der Waals surface area contributed by atoms with Gasteiger partial charge in [0.1, 0.15) is 11.6 Å². The predicted molar refractivity (Wildman–Crippen MR) is 80.9 cm³/mol. The number of benzene rings is 2. The second-order valence-corrected chi connectivity index (χ2v) is 5.31. The molecule has 2 aromatic rings. The number of aliphatic hydroxyl groups is 1. The summed E-state index contributed by atoms with van der Waals surface area (Å²) in [5.74, 6) is -1.84. The second-order valence-electron chi connectivity index (χ2n) is 5.31. The number of nitrogens with one attached hydrogen (secondary N) is 1. The highest BCUT2D eigenvalue weighted by Crippen LogP contribution is 2.39. The van der Waals surface area contributed by atoms with Crippen LogP contribution in [-0.4, -0.2) is 23.9 Å². The fourth-order valence-electron chi connectivity index (χ4n) is 2.65. The van der Waals surface area contributed by atoms with Crippen LogP contribution in [0.15, 0.2) is 42.5 Å².